The van der Waals surface area contributed by atoms with Crippen LogP contribution < -0.4 is 0 Å². The lowest BCUT2D eigenvalue weighted by molar-refractivity contribution is -0.384. The number of imide groups is 1. The van der Waals surface area contributed by atoms with Crippen molar-refractivity contribution in [1.82, 2.24) is 9.80 Å². The van der Waals surface area contributed by atoms with Crippen molar-refractivity contribution in [2.24, 2.45) is 0 Å². The van der Waals surface area contributed by atoms with E-state index in [0.29, 0.717) is 43.4 Å². The number of furan rings is 1. The molecule has 0 radical (unpaired) electrons. The molecule has 1 aromatic heterocycles. The van der Waals surface area contributed by atoms with Gasteiger partial charge in [0.2, 0.25) is 5.91 Å². The standard InChI is InChI=1S/C20H16ClN3O7S/c21-15-9-12(24(28)29)1-3-14(15)16-4-2-13(31-16)10-17-19(26)23(20(27)32-17)11-18(25)22-5-7-30-8-6-22/h1-4,9-10H,5-8,11H2/b17-10-. The Hall–Kier alpha value is -3.15. The van der Waals surface area contributed by atoms with Crippen molar-refractivity contribution in [2.45, 2.75) is 0 Å². The minimum absolute atomic E-state index is 0.125. The third-order valence-electron chi connectivity index (χ3n) is 4.86. The molecule has 0 bridgehead atoms. The van der Waals surface area contributed by atoms with Gasteiger partial charge in [0.05, 0.1) is 28.1 Å². The number of non-ortho nitro benzene ring substituents is 1. The SMILES string of the molecule is O=C(CN1C(=O)S/C(=C\c2ccc(-c3ccc([N+](=O)[O-])cc3Cl)o2)C1=O)N1CCOCC1. The van der Waals surface area contributed by atoms with Gasteiger partial charge in [0.1, 0.15) is 18.1 Å². The van der Waals surface area contributed by atoms with E-state index in [-0.39, 0.29) is 28.1 Å². The number of halogens is 1. The van der Waals surface area contributed by atoms with Crippen LogP contribution in [0, 0.1) is 10.1 Å². The number of hydrogen-bond donors (Lipinski definition) is 0. The summed E-state index contributed by atoms with van der Waals surface area (Å²) in [7, 11) is 0. The molecule has 0 unspecified atom stereocenters. The van der Waals surface area contributed by atoms with Gasteiger partial charge in [-0.1, -0.05) is 11.6 Å². The summed E-state index contributed by atoms with van der Waals surface area (Å²) in [6.07, 6.45) is 1.41. The molecule has 10 nitrogen and oxygen atoms in total. The van der Waals surface area contributed by atoms with Gasteiger partial charge in [0.25, 0.3) is 16.8 Å². The number of carbonyl (C=O) groups excluding carboxylic acids is 3. The van der Waals surface area contributed by atoms with Gasteiger partial charge in [-0.05, 0) is 30.0 Å². The van der Waals surface area contributed by atoms with E-state index in [4.69, 9.17) is 20.8 Å². The highest BCUT2D eigenvalue weighted by Gasteiger charge is 2.37. The Morgan fingerprint density at radius 2 is 1.97 bits per heavy atom. The lowest BCUT2D eigenvalue weighted by Gasteiger charge is -2.27. The molecule has 3 amide bonds. The molecular formula is C20H16ClN3O7S. The number of benzene rings is 1. The monoisotopic (exact) mass is 477 g/mol. The van der Waals surface area contributed by atoms with Crippen LogP contribution >= 0.6 is 23.4 Å². The molecule has 2 aromatic rings. The van der Waals surface area contributed by atoms with Gasteiger partial charge in [0, 0.05) is 36.9 Å². The first-order valence-corrected chi connectivity index (χ1v) is 10.7. The maximum absolute atomic E-state index is 12.7. The largest absolute Gasteiger partial charge is 0.457 e. The maximum Gasteiger partial charge on any atom is 0.294 e. The number of nitro benzene ring substituents is 1. The third kappa shape index (κ3) is 4.54. The molecule has 0 spiro atoms. The number of amides is 3. The zero-order chi connectivity index (χ0) is 22.8. The first-order chi connectivity index (χ1) is 15.3. The Morgan fingerprint density at radius 1 is 1.22 bits per heavy atom. The fraction of sp³-hybridized carbons (Fsp3) is 0.250. The van der Waals surface area contributed by atoms with Crippen molar-refractivity contribution >= 4 is 52.2 Å². The number of carbonyl (C=O) groups is 3. The van der Waals surface area contributed by atoms with E-state index in [9.17, 15) is 24.5 Å². The van der Waals surface area contributed by atoms with E-state index in [2.05, 4.69) is 0 Å². The lowest BCUT2D eigenvalue weighted by atomic mass is 10.1. The van der Waals surface area contributed by atoms with E-state index in [0.717, 1.165) is 16.7 Å². The quantitative estimate of drug-likeness (QED) is 0.364. The van der Waals surface area contributed by atoms with Crippen molar-refractivity contribution in [3.8, 4) is 11.3 Å². The number of thioether (sulfide) groups is 1. The first-order valence-electron chi connectivity index (χ1n) is 9.48. The Balaban J connectivity index is 1.48. The van der Waals surface area contributed by atoms with Crippen molar-refractivity contribution in [3.05, 3.63) is 56.1 Å². The molecule has 3 heterocycles. The summed E-state index contributed by atoms with van der Waals surface area (Å²) in [6.45, 7) is 1.36. The fourth-order valence-electron chi connectivity index (χ4n) is 3.21. The van der Waals surface area contributed by atoms with Crippen LogP contribution in [-0.4, -0.2) is 64.6 Å². The van der Waals surface area contributed by atoms with Crippen LogP contribution in [0.3, 0.4) is 0 Å². The molecule has 32 heavy (non-hydrogen) atoms. The topological polar surface area (TPSA) is 123 Å². The summed E-state index contributed by atoms with van der Waals surface area (Å²) in [4.78, 5) is 50.2. The van der Waals surface area contributed by atoms with Gasteiger partial charge in [-0.3, -0.25) is 29.4 Å². The second-order valence-electron chi connectivity index (χ2n) is 6.88. The highest BCUT2D eigenvalue weighted by atomic mass is 35.5. The number of nitro groups is 1. The minimum atomic E-state index is -0.576. The van der Waals surface area contributed by atoms with Gasteiger partial charge in [-0.15, -0.1) is 0 Å². The van der Waals surface area contributed by atoms with E-state index in [1.54, 1.807) is 17.0 Å². The number of rotatable bonds is 5. The zero-order valence-corrected chi connectivity index (χ0v) is 18.1. The average Bonchev–Trinajstić information content (AvgIpc) is 3.34. The lowest BCUT2D eigenvalue weighted by Crippen LogP contribution is -2.46. The summed E-state index contributed by atoms with van der Waals surface area (Å²) in [5.74, 6) is -0.254. The van der Waals surface area contributed by atoms with Gasteiger partial charge in [0.15, 0.2) is 0 Å². The highest BCUT2D eigenvalue weighted by Crippen LogP contribution is 2.35. The molecule has 0 atom stereocenters. The maximum atomic E-state index is 12.7. The van der Waals surface area contributed by atoms with Crippen LogP contribution in [0.2, 0.25) is 5.02 Å². The number of nitrogens with zero attached hydrogens (tertiary/aromatic N) is 3. The van der Waals surface area contributed by atoms with Crippen molar-refractivity contribution in [2.75, 3.05) is 32.8 Å². The first kappa shape index (κ1) is 22.1. The summed E-state index contributed by atoms with van der Waals surface area (Å²) in [6, 6.07) is 7.18. The summed E-state index contributed by atoms with van der Waals surface area (Å²) in [5, 5.41) is 10.5. The summed E-state index contributed by atoms with van der Waals surface area (Å²) < 4.78 is 10.9. The minimum Gasteiger partial charge on any atom is -0.457 e. The van der Waals surface area contributed by atoms with Crippen LogP contribution in [-0.2, 0) is 14.3 Å². The molecular weight excluding hydrogens is 462 g/mol. The Kier molecular flexibility index (Phi) is 6.31. The Morgan fingerprint density at radius 3 is 2.66 bits per heavy atom. The molecule has 4 rings (SSSR count). The molecule has 2 saturated heterocycles. The van der Waals surface area contributed by atoms with Crippen molar-refractivity contribution < 1.29 is 28.5 Å². The third-order valence-corrected chi connectivity index (χ3v) is 6.08. The smallest absolute Gasteiger partial charge is 0.294 e. The van der Waals surface area contributed by atoms with Crippen molar-refractivity contribution in [3.63, 3.8) is 0 Å². The second-order valence-corrected chi connectivity index (χ2v) is 8.28. The van der Waals surface area contributed by atoms with Crippen LogP contribution in [0.1, 0.15) is 5.76 Å². The normalized spacial score (nSPS) is 18.0. The van der Waals surface area contributed by atoms with Gasteiger partial charge in [-0.2, -0.15) is 0 Å². The predicted molar refractivity (Wildman–Crippen MR) is 116 cm³/mol. The Bertz CT molecular complexity index is 1140. The fourth-order valence-corrected chi connectivity index (χ4v) is 4.29. The van der Waals surface area contributed by atoms with Crippen LogP contribution in [0.15, 0.2) is 39.7 Å². The number of hydrogen-bond acceptors (Lipinski definition) is 8. The number of morpholine rings is 1. The molecule has 0 saturated carbocycles. The number of ether oxygens (including phenoxy) is 1. The molecule has 1 aromatic carbocycles. The Labute approximate surface area is 190 Å². The molecule has 2 aliphatic heterocycles. The van der Waals surface area contributed by atoms with E-state index in [1.165, 1.54) is 24.3 Å². The van der Waals surface area contributed by atoms with Gasteiger partial charge < -0.3 is 14.1 Å². The van der Waals surface area contributed by atoms with Crippen LogP contribution in [0.5, 0.6) is 0 Å². The van der Waals surface area contributed by atoms with E-state index in [1.807, 2.05) is 0 Å². The van der Waals surface area contributed by atoms with Crippen LogP contribution in [0.4, 0.5) is 10.5 Å². The molecule has 12 heteroatoms. The summed E-state index contributed by atoms with van der Waals surface area (Å²) >= 11 is 6.85. The van der Waals surface area contributed by atoms with Gasteiger partial charge >= 0.3 is 0 Å². The molecule has 0 aliphatic carbocycles. The predicted octanol–water partition coefficient (Wildman–Crippen LogP) is 3.40. The van der Waals surface area contributed by atoms with Gasteiger partial charge in [-0.25, -0.2) is 0 Å². The zero-order valence-electron chi connectivity index (χ0n) is 16.5. The molecule has 0 N–H and O–H groups in total. The molecule has 2 fully saturated rings. The summed E-state index contributed by atoms with van der Waals surface area (Å²) in [5.41, 5.74) is 0.298. The van der Waals surface area contributed by atoms with E-state index >= 15 is 0 Å². The van der Waals surface area contributed by atoms with Crippen molar-refractivity contribution in [1.29, 1.82) is 0 Å². The molecule has 2 aliphatic rings. The average molecular weight is 478 g/mol. The molecule has 166 valence electrons. The van der Waals surface area contributed by atoms with Crippen LogP contribution in [0.25, 0.3) is 17.4 Å². The van der Waals surface area contributed by atoms with E-state index < -0.39 is 16.1 Å². The highest BCUT2D eigenvalue weighted by molar-refractivity contribution is 8.18. The second kappa shape index (κ2) is 9.15.